The van der Waals surface area contributed by atoms with Crippen LogP contribution < -0.4 is 10.2 Å². The van der Waals surface area contributed by atoms with E-state index in [1.54, 1.807) is 12.4 Å². The van der Waals surface area contributed by atoms with Crippen molar-refractivity contribution >= 4 is 17.5 Å². The van der Waals surface area contributed by atoms with Gasteiger partial charge in [0.05, 0.1) is 18.8 Å². The molecule has 0 unspecified atom stereocenters. The fraction of sp³-hybridized carbons (Fsp3) is 0.389. The maximum Gasteiger partial charge on any atom is 0.254 e. The molecule has 132 valence electrons. The Morgan fingerprint density at radius 3 is 2.56 bits per heavy atom. The number of morpholine rings is 1. The number of rotatable bonds is 6. The van der Waals surface area contributed by atoms with Crippen LogP contribution in [-0.4, -0.2) is 67.2 Å². The second-order valence-corrected chi connectivity index (χ2v) is 5.88. The summed E-state index contributed by atoms with van der Waals surface area (Å²) in [5, 5.41) is 2.91. The maximum atomic E-state index is 12.2. The van der Waals surface area contributed by atoms with Crippen molar-refractivity contribution in [3.63, 3.8) is 0 Å². The summed E-state index contributed by atoms with van der Waals surface area (Å²) in [6.45, 7) is 4.78. The summed E-state index contributed by atoms with van der Waals surface area (Å²) in [6, 6.07) is 9.85. The molecule has 0 spiro atoms. The minimum Gasteiger partial charge on any atom is -0.379 e. The summed E-state index contributed by atoms with van der Waals surface area (Å²) in [7, 11) is 1.90. The molecule has 0 saturated carbocycles. The highest BCUT2D eigenvalue weighted by molar-refractivity contribution is 5.93. The molecule has 7 heteroatoms. The van der Waals surface area contributed by atoms with E-state index in [1.165, 1.54) is 0 Å². The third-order valence-corrected chi connectivity index (χ3v) is 4.16. The van der Waals surface area contributed by atoms with E-state index in [9.17, 15) is 4.79 Å². The zero-order valence-electron chi connectivity index (χ0n) is 14.4. The number of nitrogens with zero attached hydrogens (tertiary/aromatic N) is 4. The van der Waals surface area contributed by atoms with Crippen molar-refractivity contribution in [2.75, 3.05) is 51.3 Å². The highest BCUT2D eigenvalue weighted by Crippen LogP contribution is 2.18. The second-order valence-electron chi connectivity index (χ2n) is 5.88. The van der Waals surface area contributed by atoms with E-state index in [0.29, 0.717) is 18.1 Å². The molecule has 1 aliphatic heterocycles. The number of carbonyl (C=O) groups is 1. The normalized spacial score (nSPS) is 14.9. The standard InChI is InChI=1S/C18H23N5O2/c1-22(16-5-3-2-4-6-16)18-20-13-15(14-21-18)17(24)19-7-8-23-9-11-25-12-10-23/h2-6,13-14H,7-12H2,1H3,(H,19,24). The van der Waals surface area contributed by atoms with Crippen molar-refractivity contribution < 1.29 is 9.53 Å². The summed E-state index contributed by atoms with van der Waals surface area (Å²) < 4.78 is 5.31. The number of ether oxygens (including phenoxy) is 1. The lowest BCUT2D eigenvalue weighted by Gasteiger charge is -2.26. The van der Waals surface area contributed by atoms with Crippen LogP contribution in [0.1, 0.15) is 10.4 Å². The second kappa shape index (κ2) is 8.55. The topological polar surface area (TPSA) is 70.6 Å². The molecule has 1 N–H and O–H groups in total. The van der Waals surface area contributed by atoms with Crippen molar-refractivity contribution in [3.8, 4) is 0 Å². The molecule has 1 aromatic carbocycles. The monoisotopic (exact) mass is 341 g/mol. The molecular formula is C18H23N5O2. The first kappa shape index (κ1) is 17.3. The number of para-hydroxylation sites is 1. The van der Waals surface area contributed by atoms with E-state index in [4.69, 9.17) is 4.74 Å². The van der Waals surface area contributed by atoms with Gasteiger partial charge >= 0.3 is 0 Å². The molecule has 0 atom stereocenters. The lowest BCUT2D eigenvalue weighted by atomic mass is 10.3. The van der Waals surface area contributed by atoms with Crippen molar-refractivity contribution in [3.05, 3.63) is 48.3 Å². The Hall–Kier alpha value is -2.51. The van der Waals surface area contributed by atoms with Crippen LogP contribution >= 0.6 is 0 Å². The van der Waals surface area contributed by atoms with Crippen LogP contribution in [-0.2, 0) is 4.74 Å². The van der Waals surface area contributed by atoms with Gasteiger partial charge in [0.2, 0.25) is 5.95 Å². The van der Waals surface area contributed by atoms with Gasteiger partial charge in [-0.05, 0) is 12.1 Å². The van der Waals surface area contributed by atoms with Gasteiger partial charge in [-0.15, -0.1) is 0 Å². The van der Waals surface area contributed by atoms with Crippen LogP contribution in [0, 0.1) is 0 Å². The van der Waals surface area contributed by atoms with Gasteiger partial charge < -0.3 is 15.0 Å². The van der Waals surface area contributed by atoms with E-state index < -0.39 is 0 Å². The number of nitrogens with one attached hydrogen (secondary N) is 1. The van der Waals surface area contributed by atoms with E-state index in [1.807, 2.05) is 42.3 Å². The largest absolute Gasteiger partial charge is 0.379 e. The van der Waals surface area contributed by atoms with Gasteiger partial charge in [-0.2, -0.15) is 0 Å². The minimum absolute atomic E-state index is 0.151. The Bertz CT molecular complexity index is 672. The van der Waals surface area contributed by atoms with Gasteiger partial charge in [-0.1, -0.05) is 18.2 Å². The number of aromatic nitrogens is 2. The van der Waals surface area contributed by atoms with Crippen LogP contribution in [0.4, 0.5) is 11.6 Å². The molecule has 0 radical (unpaired) electrons. The average molecular weight is 341 g/mol. The summed E-state index contributed by atoms with van der Waals surface area (Å²) in [5.74, 6) is 0.401. The Kier molecular flexibility index (Phi) is 5.92. The molecule has 1 fully saturated rings. The quantitative estimate of drug-likeness (QED) is 0.854. The lowest BCUT2D eigenvalue weighted by Crippen LogP contribution is -2.41. The summed E-state index contributed by atoms with van der Waals surface area (Å²) in [5.41, 5.74) is 1.46. The van der Waals surface area contributed by atoms with Gasteiger partial charge in [0.15, 0.2) is 0 Å². The molecule has 0 aliphatic carbocycles. The zero-order chi connectivity index (χ0) is 17.5. The van der Waals surface area contributed by atoms with Crippen LogP contribution in [0.3, 0.4) is 0 Å². The van der Waals surface area contributed by atoms with Gasteiger partial charge in [-0.25, -0.2) is 9.97 Å². The number of hydrogen-bond acceptors (Lipinski definition) is 6. The molecule has 1 saturated heterocycles. The average Bonchev–Trinajstić information content (AvgIpc) is 2.69. The Balaban J connectivity index is 1.51. The highest BCUT2D eigenvalue weighted by atomic mass is 16.5. The minimum atomic E-state index is -0.151. The molecule has 25 heavy (non-hydrogen) atoms. The van der Waals surface area contributed by atoms with Crippen molar-refractivity contribution in [2.45, 2.75) is 0 Å². The fourth-order valence-corrected chi connectivity index (χ4v) is 2.63. The predicted octanol–water partition coefficient (Wildman–Crippen LogP) is 1.31. The number of amides is 1. The highest BCUT2D eigenvalue weighted by Gasteiger charge is 2.12. The van der Waals surface area contributed by atoms with Gasteiger partial charge in [-0.3, -0.25) is 9.69 Å². The van der Waals surface area contributed by atoms with Crippen LogP contribution in [0.5, 0.6) is 0 Å². The van der Waals surface area contributed by atoms with Crippen molar-refractivity contribution in [1.82, 2.24) is 20.2 Å². The van der Waals surface area contributed by atoms with Crippen molar-refractivity contribution in [2.24, 2.45) is 0 Å². The van der Waals surface area contributed by atoms with E-state index in [2.05, 4.69) is 20.2 Å². The molecule has 7 nitrogen and oxygen atoms in total. The van der Waals surface area contributed by atoms with E-state index in [0.717, 1.165) is 38.5 Å². The van der Waals surface area contributed by atoms with Crippen LogP contribution in [0.25, 0.3) is 0 Å². The molecule has 2 heterocycles. The first-order chi connectivity index (χ1) is 12.2. The predicted molar refractivity (Wildman–Crippen MR) is 96.1 cm³/mol. The van der Waals surface area contributed by atoms with Crippen LogP contribution in [0.15, 0.2) is 42.7 Å². The first-order valence-electron chi connectivity index (χ1n) is 8.43. The molecule has 3 rings (SSSR count). The summed E-state index contributed by atoms with van der Waals surface area (Å²) in [4.78, 5) is 24.9. The molecule has 1 aromatic heterocycles. The molecule has 2 aromatic rings. The molecule has 1 amide bonds. The number of hydrogen-bond donors (Lipinski definition) is 1. The van der Waals surface area contributed by atoms with E-state index in [-0.39, 0.29) is 5.91 Å². The zero-order valence-corrected chi connectivity index (χ0v) is 14.4. The first-order valence-corrected chi connectivity index (χ1v) is 8.43. The Morgan fingerprint density at radius 1 is 1.20 bits per heavy atom. The summed E-state index contributed by atoms with van der Waals surface area (Å²) >= 11 is 0. The van der Waals surface area contributed by atoms with Gasteiger partial charge in [0.25, 0.3) is 5.91 Å². The van der Waals surface area contributed by atoms with Gasteiger partial charge in [0, 0.05) is 51.3 Å². The van der Waals surface area contributed by atoms with Gasteiger partial charge in [0.1, 0.15) is 0 Å². The maximum absolute atomic E-state index is 12.2. The number of carbonyl (C=O) groups excluding carboxylic acids is 1. The Morgan fingerprint density at radius 2 is 1.88 bits per heavy atom. The third kappa shape index (κ3) is 4.74. The lowest BCUT2D eigenvalue weighted by molar-refractivity contribution is 0.0383. The molecule has 1 aliphatic rings. The fourth-order valence-electron chi connectivity index (χ4n) is 2.63. The summed E-state index contributed by atoms with van der Waals surface area (Å²) in [6.07, 6.45) is 3.12. The smallest absolute Gasteiger partial charge is 0.254 e. The molecular weight excluding hydrogens is 318 g/mol. The van der Waals surface area contributed by atoms with Crippen LogP contribution in [0.2, 0.25) is 0 Å². The number of anilines is 2. The van der Waals surface area contributed by atoms with E-state index >= 15 is 0 Å². The van der Waals surface area contributed by atoms with Crippen molar-refractivity contribution in [1.29, 1.82) is 0 Å². The SMILES string of the molecule is CN(c1ccccc1)c1ncc(C(=O)NCCN2CCOCC2)cn1. The molecule has 0 bridgehead atoms. The number of benzene rings is 1. The Labute approximate surface area is 147 Å². The third-order valence-electron chi connectivity index (χ3n) is 4.16.